The predicted molar refractivity (Wildman–Crippen MR) is 97.7 cm³/mol. The molecule has 1 aliphatic rings. The minimum Gasteiger partial charge on any atom is -0.360 e. The van der Waals surface area contributed by atoms with Crippen LogP contribution in [0.25, 0.3) is 10.9 Å². The van der Waals surface area contributed by atoms with Crippen LogP contribution in [-0.2, 0) is 0 Å². The molecule has 0 bridgehead atoms. The van der Waals surface area contributed by atoms with Crippen LogP contribution in [0.4, 0.5) is 0 Å². The highest BCUT2D eigenvalue weighted by Gasteiger charge is 2.29. The summed E-state index contributed by atoms with van der Waals surface area (Å²) in [7, 11) is 0. The number of hydrogen-bond acceptors (Lipinski definition) is 2. The van der Waals surface area contributed by atoms with Gasteiger partial charge in [-0.3, -0.25) is 9.59 Å². The molecule has 2 heterocycles. The van der Waals surface area contributed by atoms with E-state index in [4.69, 9.17) is 0 Å². The quantitative estimate of drug-likeness (QED) is 0.740. The van der Waals surface area contributed by atoms with E-state index in [1.54, 1.807) is 0 Å². The predicted octanol–water partition coefficient (Wildman–Crippen LogP) is 3.90. The fourth-order valence-electron chi connectivity index (χ4n) is 3.60. The van der Waals surface area contributed by atoms with Gasteiger partial charge in [0.2, 0.25) is 0 Å². The Balaban J connectivity index is 1.45. The Morgan fingerprint density at radius 3 is 2.36 bits per heavy atom. The molecule has 0 radical (unpaired) electrons. The maximum Gasteiger partial charge on any atom is 0.253 e. The van der Waals surface area contributed by atoms with Crippen LogP contribution in [0.3, 0.4) is 0 Å². The highest BCUT2D eigenvalue weighted by Crippen LogP contribution is 2.26. The third-order valence-electron chi connectivity index (χ3n) is 5.03. The van der Waals surface area contributed by atoms with Gasteiger partial charge in [0, 0.05) is 47.2 Å². The minimum absolute atomic E-state index is 0.0148. The summed E-state index contributed by atoms with van der Waals surface area (Å²) >= 11 is 0. The average molecular weight is 332 g/mol. The molecule has 1 N–H and O–H groups in total. The fraction of sp³-hybridized carbons (Fsp3) is 0.238. The molecule has 1 aliphatic heterocycles. The summed E-state index contributed by atoms with van der Waals surface area (Å²) in [5.74, 6) is 0.224. The number of nitrogens with zero attached hydrogens (tertiary/aromatic N) is 1. The summed E-state index contributed by atoms with van der Waals surface area (Å²) < 4.78 is 0. The number of amides is 1. The second-order valence-corrected chi connectivity index (χ2v) is 6.54. The van der Waals surface area contributed by atoms with Gasteiger partial charge in [0.05, 0.1) is 0 Å². The number of aromatic nitrogens is 1. The Morgan fingerprint density at radius 1 is 0.920 bits per heavy atom. The summed E-state index contributed by atoms with van der Waals surface area (Å²) in [5.41, 5.74) is 2.47. The number of fused-ring (bicyclic) bond motifs is 1. The zero-order valence-corrected chi connectivity index (χ0v) is 13.9. The van der Waals surface area contributed by atoms with Crippen molar-refractivity contribution < 1.29 is 9.59 Å². The number of aromatic amines is 1. The largest absolute Gasteiger partial charge is 0.360 e. The molecule has 3 aromatic rings. The molecule has 0 unspecified atom stereocenters. The molecule has 0 atom stereocenters. The van der Waals surface area contributed by atoms with Crippen LogP contribution in [0.5, 0.6) is 0 Å². The first-order chi connectivity index (χ1) is 12.2. The van der Waals surface area contributed by atoms with Gasteiger partial charge in [-0.2, -0.15) is 0 Å². The van der Waals surface area contributed by atoms with Crippen molar-refractivity contribution in [1.29, 1.82) is 0 Å². The third-order valence-corrected chi connectivity index (χ3v) is 5.03. The van der Waals surface area contributed by atoms with E-state index < -0.39 is 0 Å². The van der Waals surface area contributed by atoms with Crippen molar-refractivity contribution in [3.05, 3.63) is 71.9 Å². The van der Waals surface area contributed by atoms with Gasteiger partial charge in [-0.05, 0) is 31.0 Å². The fourth-order valence-corrected chi connectivity index (χ4v) is 3.60. The van der Waals surface area contributed by atoms with Crippen molar-refractivity contribution in [2.24, 2.45) is 5.92 Å². The maximum absolute atomic E-state index is 12.9. The number of carbonyl (C=O) groups is 2. The van der Waals surface area contributed by atoms with Gasteiger partial charge in [0.15, 0.2) is 5.78 Å². The molecule has 1 aromatic heterocycles. The number of para-hydroxylation sites is 1. The van der Waals surface area contributed by atoms with Crippen molar-refractivity contribution in [3.63, 3.8) is 0 Å². The van der Waals surface area contributed by atoms with Crippen molar-refractivity contribution >= 4 is 22.6 Å². The van der Waals surface area contributed by atoms with E-state index in [0.717, 1.165) is 29.3 Å². The lowest BCUT2D eigenvalue weighted by Gasteiger charge is -2.31. The standard InChI is InChI=1S/C21H20N2O2/c24-20(18-14-22-19-9-5-4-8-17(18)19)15-10-12-23(13-11-15)21(25)16-6-2-1-3-7-16/h1-9,14-15,22H,10-13H2. The number of rotatable bonds is 3. The molecular weight excluding hydrogens is 312 g/mol. The van der Waals surface area contributed by atoms with Crippen molar-refractivity contribution in [3.8, 4) is 0 Å². The SMILES string of the molecule is O=C(c1c[nH]c2ccccc12)C1CCN(C(=O)c2ccccc2)CC1. The minimum atomic E-state index is -0.0148. The molecule has 4 nitrogen and oxygen atoms in total. The molecule has 1 saturated heterocycles. The number of Topliss-reactive ketones (excluding diaryl/α,β-unsaturated/α-hetero) is 1. The number of benzene rings is 2. The van der Waals surface area contributed by atoms with Gasteiger partial charge in [-0.1, -0.05) is 36.4 Å². The van der Waals surface area contributed by atoms with Crippen molar-refractivity contribution in [2.45, 2.75) is 12.8 Å². The Bertz CT molecular complexity index is 906. The van der Waals surface area contributed by atoms with Crippen LogP contribution in [-0.4, -0.2) is 34.7 Å². The normalized spacial score (nSPS) is 15.4. The van der Waals surface area contributed by atoms with E-state index in [9.17, 15) is 9.59 Å². The molecular formula is C21H20N2O2. The number of H-pyrrole nitrogens is 1. The van der Waals surface area contributed by atoms with Gasteiger partial charge in [-0.25, -0.2) is 0 Å². The molecule has 25 heavy (non-hydrogen) atoms. The van der Waals surface area contributed by atoms with Crippen LogP contribution >= 0.6 is 0 Å². The zero-order valence-electron chi connectivity index (χ0n) is 13.9. The first kappa shape index (κ1) is 15.6. The Morgan fingerprint density at radius 2 is 1.60 bits per heavy atom. The summed E-state index contributed by atoms with van der Waals surface area (Å²) in [6.07, 6.45) is 3.25. The van der Waals surface area contributed by atoms with E-state index in [2.05, 4.69) is 4.98 Å². The van der Waals surface area contributed by atoms with Crippen molar-refractivity contribution in [2.75, 3.05) is 13.1 Å². The Kier molecular flexibility index (Phi) is 4.10. The van der Waals surface area contributed by atoms with E-state index in [1.165, 1.54) is 0 Å². The summed E-state index contributed by atoms with van der Waals surface area (Å²) in [5, 5.41) is 0.982. The van der Waals surface area contributed by atoms with Crippen LogP contribution < -0.4 is 0 Å². The van der Waals surface area contributed by atoms with Crippen LogP contribution in [0.1, 0.15) is 33.6 Å². The zero-order chi connectivity index (χ0) is 17.2. The topological polar surface area (TPSA) is 53.2 Å². The lowest BCUT2D eigenvalue weighted by molar-refractivity contribution is 0.0651. The first-order valence-corrected chi connectivity index (χ1v) is 8.68. The van der Waals surface area contributed by atoms with Crippen LogP contribution in [0.2, 0.25) is 0 Å². The van der Waals surface area contributed by atoms with Crippen LogP contribution in [0.15, 0.2) is 60.8 Å². The number of ketones is 1. The molecule has 0 aliphatic carbocycles. The molecule has 4 heteroatoms. The summed E-state index contributed by atoms with van der Waals surface area (Å²) in [4.78, 5) is 30.4. The highest BCUT2D eigenvalue weighted by atomic mass is 16.2. The summed E-state index contributed by atoms with van der Waals surface area (Å²) in [6.45, 7) is 1.26. The van der Waals surface area contributed by atoms with Gasteiger partial charge < -0.3 is 9.88 Å². The second kappa shape index (κ2) is 6.55. The number of piperidine rings is 1. The Hall–Kier alpha value is -2.88. The number of hydrogen-bond donors (Lipinski definition) is 1. The third kappa shape index (κ3) is 2.95. The first-order valence-electron chi connectivity index (χ1n) is 8.68. The van der Waals surface area contributed by atoms with Crippen molar-refractivity contribution in [1.82, 2.24) is 9.88 Å². The van der Waals surface area contributed by atoms with E-state index in [0.29, 0.717) is 18.7 Å². The van der Waals surface area contributed by atoms with E-state index >= 15 is 0 Å². The molecule has 0 saturated carbocycles. The van der Waals surface area contributed by atoms with E-state index in [1.807, 2.05) is 65.7 Å². The average Bonchev–Trinajstić information content (AvgIpc) is 3.12. The smallest absolute Gasteiger partial charge is 0.253 e. The van der Waals surface area contributed by atoms with Gasteiger partial charge >= 0.3 is 0 Å². The lowest BCUT2D eigenvalue weighted by Crippen LogP contribution is -2.40. The molecule has 2 aromatic carbocycles. The van der Waals surface area contributed by atoms with E-state index in [-0.39, 0.29) is 17.6 Å². The van der Waals surface area contributed by atoms with Gasteiger partial charge in [-0.15, -0.1) is 0 Å². The number of likely N-dealkylation sites (tertiary alicyclic amines) is 1. The molecule has 4 rings (SSSR count). The molecule has 126 valence electrons. The molecule has 1 amide bonds. The molecule has 0 spiro atoms. The lowest BCUT2D eigenvalue weighted by atomic mass is 9.88. The van der Waals surface area contributed by atoms with Gasteiger partial charge in [0.25, 0.3) is 5.91 Å². The second-order valence-electron chi connectivity index (χ2n) is 6.54. The monoisotopic (exact) mass is 332 g/mol. The number of carbonyl (C=O) groups excluding carboxylic acids is 2. The number of nitrogens with one attached hydrogen (secondary N) is 1. The van der Waals surface area contributed by atoms with Gasteiger partial charge in [0.1, 0.15) is 0 Å². The molecule has 1 fully saturated rings. The highest BCUT2D eigenvalue weighted by molar-refractivity contribution is 6.09. The van der Waals surface area contributed by atoms with Crippen LogP contribution in [0, 0.1) is 5.92 Å². The maximum atomic E-state index is 12.9. The Labute approximate surface area is 146 Å². The summed E-state index contributed by atoms with van der Waals surface area (Å²) in [6, 6.07) is 17.2.